The first-order valence-electron chi connectivity index (χ1n) is 10.7. The van der Waals surface area contributed by atoms with Crippen molar-refractivity contribution in [2.75, 3.05) is 11.4 Å². The van der Waals surface area contributed by atoms with Crippen LogP contribution in [0.3, 0.4) is 0 Å². The van der Waals surface area contributed by atoms with E-state index in [1.165, 1.54) is 17.0 Å². The molecule has 0 fully saturated rings. The minimum absolute atomic E-state index is 0.0320. The highest BCUT2D eigenvalue weighted by Gasteiger charge is 2.19. The second kappa shape index (κ2) is 11.0. The number of carbonyl (C=O) groups is 2. The Bertz CT molecular complexity index is 1140. The van der Waals surface area contributed by atoms with Gasteiger partial charge in [-0.05, 0) is 50.2 Å². The summed E-state index contributed by atoms with van der Waals surface area (Å²) in [6.45, 7) is 4.01. The smallest absolute Gasteiger partial charge is 0.227 e. The van der Waals surface area contributed by atoms with Crippen molar-refractivity contribution in [2.45, 2.75) is 39.2 Å². The molecule has 0 aliphatic rings. The summed E-state index contributed by atoms with van der Waals surface area (Å²) in [4.78, 5) is 26.8. The Kier molecular flexibility index (Phi) is 7.92. The second-order valence-corrected chi connectivity index (χ2v) is 7.65. The number of nitriles is 1. The van der Waals surface area contributed by atoms with Crippen LogP contribution >= 0.6 is 0 Å². The summed E-state index contributed by atoms with van der Waals surface area (Å²) in [5.41, 5.74) is 3.09. The number of halogens is 1. The highest BCUT2D eigenvalue weighted by atomic mass is 19.1. The summed E-state index contributed by atoms with van der Waals surface area (Å²) in [5, 5.41) is 16.2. The van der Waals surface area contributed by atoms with Crippen molar-refractivity contribution in [3.05, 3.63) is 77.9 Å². The standard InChI is InChI=1S/C25H26FN5O2/c1-18(23-17-28-31(19(23)2)22-11-9-20(26)10-12-22)29-24(32)13-14-25(33)30(16-6-15-27)21-7-4-3-5-8-21/h3-5,7-12,17-18H,6,13-14,16H2,1-2H3,(H,29,32). The summed E-state index contributed by atoms with van der Waals surface area (Å²) in [6.07, 6.45) is 1.95. The third-order valence-corrected chi connectivity index (χ3v) is 5.35. The van der Waals surface area contributed by atoms with Gasteiger partial charge in [-0.1, -0.05) is 18.2 Å². The van der Waals surface area contributed by atoms with E-state index in [4.69, 9.17) is 5.26 Å². The Hall–Kier alpha value is -3.99. The molecule has 33 heavy (non-hydrogen) atoms. The minimum Gasteiger partial charge on any atom is -0.349 e. The number of para-hydroxylation sites is 1. The number of amides is 2. The van der Waals surface area contributed by atoms with Crippen LogP contribution in [0.1, 0.15) is 43.5 Å². The molecule has 3 aromatic rings. The number of hydrogen-bond acceptors (Lipinski definition) is 4. The van der Waals surface area contributed by atoms with Crippen molar-refractivity contribution in [1.82, 2.24) is 15.1 Å². The third-order valence-electron chi connectivity index (χ3n) is 5.35. The molecular formula is C25H26FN5O2. The van der Waals surface area contributed by atoms with Gasteiger partial charge in [-0.2, -0.15) is 10.4 Å². The van der Waals surface area contributed by atoms with Gasteiger partial charge in [0.2, 0.25) is 11.8 Å². The van der Waals surface area contributed by atoms with Gasteiger partial charge in [-0.25, -0.2) is 9.07 Å². The number of rotatable bonds is 9. The van der Waals surface area contributed by atoms with Gasteiger partial charge >= 0.3 is 0 Å². The topological polar surface area (TPSA) is 91.0 Å². The molecule has 0 saturated carbocycles. The zero-order chi connectivity index (χ0) is 23.8. The summed E-state index contributed by atoms with van der Waals surface area (Å²) < 4.78 is 14.9. The number of benzene rings is 2. The average molecular weight is 448 g/mol. The molecule has 0 radical (unpaired) electrons. The second-order valence-electron chi connectivity index (χ2n) is 7.65. The SMILES string of the molecule is Cc1c(C(C)NC(=O)CCC(=O)N(CCC#N)c2ccccc2)cnn1-c1ccc(F)cc1. The van der Waals surface area contributed by atoms with E-state index in [2.05, 4.69) is 16.5 Å². The molecule has 0 saturated heterocycles. The van der Waals surface area contributed by atoms with Gasteiger partial charge in [0.05, 0.1) is 30.4 Å². The largest absolute Gasteiger partial charge is 0.349 e. The number of nitrogens with zero attached hydrogens (tertiary/aromatic N) is 4. The number of anilines is 1. The Labute approximate surface area is 192 Å². The molecule has 0 aliphatic heterocycles. The van der Waals surface area contributed by atoms with E-state index in [9.17, 15) is 14.0 Å². The summed E-state index contributed by atoms with van der Waals surface area (Å²) in [7, 11) is 0. The van der Waals surface area contributed by atoms with Crippen LogP contribution in [0, 0.1) is 24.1 Å². The van der Waals surface area contributed by atoms with Gasteiger partial charge in [0.15, 0.2) is 0 Å². The summed E-state index contributed by atoms with van der Waals surface area (Å²) in [6, 6.07) is 16.9. The van der Waals surface area contributed by atoms with Crippen LogP contribution < -0.4 is 10.2 Å². The number of carbonyl (C=O) groups excluding carboxylic acids is 2. The first-order chi connectivity index (χ1) is 15.9. The lowest BCUT2D eigenvalue weighted by molar-refractivity contribution is -0.125. The van der Waals surface area contributed by atoms with E-state index >= 15 is 0 Å². The van der Waals surface area contributed by atoms with Crippen molar-refractivity contribution in [3.63, 3.8) is 0 Å². The molecule has 0 bridgehead atoms. The van der Waals surface area contributed by atoms with E-state index < -0.39 is 0 Å². The Balaban J connectivity index is 1.59. The molecule has 1 atom stereocenters. The van der Waals surface area contributed by atoms with E-state index in [0.29, 0.717) is 5.69 Å². The lowest BCUT2D eigenvalue weighted by Gasteiger charge is -2.22. The van der Waals surface area contributed by atoms with Crippen LogP contribution in [0.2, 0.25) is 0 Å². The maximum absolute atomic E-state index is 13.2. The van der Waals surface area contributed by atoms with Gasteiger partial charge in [0.25, 0.3) is 0 Å². The van der Waals surface area contributed by atoms with Crippen molar-refractivity contribution in [3.8, 4) is 11.8 Å². The highest BCUT2D eigenvalue weighted by molar-refractivity contribution is 5.95. The fourth-order valence-electron chi connectivity index (χ4n) is 3.60. The molecule has 1 N–H and O–H groups in total. The molecular weight excluding hydrogens is 421 g/mol. The molecule has 1 unspecified atom stereocenters. The molecule has 8 heteroatoms. The molecule has 1 heterocycles. The molecule has 2 amide bonds. The highest BCUT2D eigenvalue weighted by Crippen LogP contribution is 2.21. The fraction of sp³-hybridized carbons (Fsp3) is 0.280. The third kappa shape index (κ3) is 6.04. The minimum atomic E-state index is -0.322. The van der Waals surface area contributed by atoms with Crippen molar-refractivity contribution in [1.29, 1.82) is 5.26 Å². The van der Waals surface area contributed by atoms with Gasteiger partial charge in [0.1, 0.15) is 5.82 Å². The van der Waals surface area contributed by atoms with E-state index in [1.54, 1.807) is 35.1 Å². The molecule has 2 aromatic carbocycles. The predicted octanol–water partition coefficient (Wildman–Crippen LogP) is 4.22. The van der Waals surface area contributed by atoms with Gasteiger partial charge in [-0.3, -0.25) is 9.59 Å². The molecule has 170 valence electrons. The normalized spacial score (nSPS) is 11.5. The van der Waals surface area contributed by atoms with Crippen LogP contribution in [-0.2, 0) is 9.59 Å². The first-order valence-corrected chi connectivity index (χ1v) is 10.7. The van der Waals surface area contributed by atoms with E-state index in [1.807, 2.05) is 32.0 Å². The Morgan fingerprint density at radius 2 is 1.85 bits per heavy atom. The zero-order valence-electron chi connectivity index (χ0n) is 18.7. The number of hydrogen-bond donors (Lipinski definition) is 1. The molecule has 7 nitrogen and oxygen atoms in total. The maximum Gasteiger partial charge on any atom is 0.227 e. The van der Waals surface area contributed by atoms with Crippen LogP contribution in [0.25, 0.3) is 5.69 Å². The first kappa shape index (κ1) is 23.7. The van der Waals surface area contributed by atoms with Crippen LogP contribution in [0.4, 0.5) is 10.1 Å². The predicted molar refractivity (Wildman–Crippen MR) is 123 cm³/mol. The van der Waals surface area contributed by atoms with Crippen molar-refractivity contribution in [2.24, 2.45) is 0 Å². The van der Waals surface area contributed by atoms with Crippen LogP contribution in [0.15, 0.2) is 60.8 Å². The van der Waals surface area contributed by atoms with Crippen LogP contribution in [0.5, 0.6) is 0 Å². The fourth-order valence-corrected chi connectivity index (χ4v) is 3.60. The van der Waals surface area contributed by atoms with E-state index in [-0.39, 0.29) is 49.5 Å². The quantitative estimate of drug-likeness (QED) is 0.532. The molecule has 0 aliphatic carbocycles. The lowest BCUT2D eigenvalue weighted by Crippen LogP contribution is -2.33. The van der Waals surface area contributed by atoms with Gasteiger partial charge in [0, 0.05) is 36.3 Å². The van der Waals surface area contributed by atoms with E-state index in [0.717, 1.165) is 16.9 Å². The van der Waals surface area contributed by atoms with Crippen molar-refractivity contribution < 1.29 is 14.0 Å². The summed E-state index contributed by atoms with van der Waals surface area (Å²) >= 11 is 0. The monoisotopic (exact) mass is 447 g/mol. The summed E-state index contributed by atoms with van der Waals surface area (Å²) in [5.74, 6) is -0.782. The Morgan fingerprint density at radius 3 is 2.52 bits per heavy atom. The number of aromatic nitrogens is 2. The lowest BCUT2D eigenvalue weighted by atomic mass is 10.1. The van der Waals surface area contributed by atoms with Crippen molar-refractivity contribution >= 4 is 17.5 Å². The average Bonchev–Trinajstić information content (AvgIpc) is 3.20. The Morgan fingerprint density at radius 1 is 1.15 bits per heavy atom. The van der Waals surface area contributed by atoms with Gasteiger partial charge < -0.3 is 10.2 Å². The molecule has 3 rings (SSSR count). The number of nitrogens with one attached hydrogen (secondary N) is 1. The van der Waals surface area contributed by atoms with Crippen LogP contribution in [-0.4, -0.2) is 28.1 Å². The zero-order valence-corrected chi connectivity index (χ0v) is 18.7. The van der Waals surface area contributed by atoms with Gasteiger partial charge in [-0.15, -0.1) is 0 Å². The maximum atomic E-state index is 13.2. The molecule has 0 spiro atoms. The molecule has 1 aromatic heterocycles.